The molecule has 20 heavy (non-hydrogen) atoms. The molecule has 3 N–H and O–H groups in total. The van der Waals surface area contributed by atoms with Gasteiger partial charge in [0.05, 0.1) is 0 Å². The number of fused-ring (bicyclic) bond motifs is 1. The number of hydrogen-bond donors (Lipinski definition) is 2. The van der Waals surface area contributed by atoms with Gasteiger partial charge in [0.25, 0.3) is 5.91 Å². The van der Waals surface area contributed by atoms with Crippen LogP contribution in [-0.2, 0) is 13.1 Å². The maximum atomic E-state index is 11.5. The van der Waals surface area contributed by atoms with E-state index in [0.29, 0.717) is 5.56 Å². The van der Waals surface area contributed by atoms with Crippen LogP contribution in [0.5, 0.6) is 0 Å². The minimum absolute atomic E-state index is 0.266. The van der Waals surface area contributed by atoms with Gasteiger partial charge in [0.1, 0.15) is 0 Å². The summed E-state index contributed by atoms with van der Waals surface area (Å²) < 4.78 is 0. The smallest absolute Gasteiger partial charge is 0.265 e. The number of anilines is 1. The summed E-state index contributed by atoms with van der Waals surface area (Å²) in [5.41, 5.74) is 6.25. The van der Waals surface area contributed by atoms with Crippen molar-refractivity contribution < 1.29 is 4.79 Å². The highest BCUT2D eigenvalue weighted by Gasteiger charge is 2.20. The highest BCUT2D eigenvalue weighted by molar-refractivity contribution is 6.30. The van der Waals surface area contributed by atoms with Crippen molar-refractivity contribution in [3.05, 3.63) is 64.2 Å². The van der Waals surface area contributed by atoms with E-state index in [1.807, 2.05) is 36.4 Å². The predicted molar refractivity (Wildman–Crippen MR) is 79.4 cm³/mol. The molecule has 5 heteroatoms. The Morgan fingerprint density at radius 3 is 2.50 bits per heavy atom. The van der Waals surface area contributed by atoms with Crippen LogP contribution in [0.15, 0.2) is 42.5 Å². The highest BCUT2D eigenvalue weighted by Crippen LogP contribution is 2.29. The Hall–Kier alpha value is -2.04. The second-order valence-corrected chi connectivity index (χ2v) is 5.23. The van der Waals surface area contributed by atoms with Crippen molar-refractivity contribution in [2.45, 2.75) is 13.1 Å². The number of carbonyl (C=O) groups excluding carboxylic acids is 1. The second-order valence-electron chi connectivity index (χ2n) is 4.79. The van der Waals surface area contributed by atoms with Crippen LogP contribution in [0.4, 0.5) is 5.69 Å². The van der Waals surface area contributed by atoms with Gasteiger partial charge in [-0.2, -0.15) is 0 Å². The molecule has 1 heterocycles. The van der Waals surface area contributed by atoms with Crippen LogP contribution in [-0.4, -0.2) is 5.91 Å². The van der Waals surface area contributed by atoms with Crippen molar-refractivity contribution in [3.63, 3.8) is 0 Å². The summed E-state index contributed by atoms with van der Waals surface area (Å²) in [4.78, 5) is 13.8. The molecule has 0 fully saturated rings. The average Bonchev–Trinajstić information content (AvgIpc) is 2.90. The van der Waals surface area contributed by atoms with E-state index in [0.717, 1.165) is 29.4 Å². The Morgan fingerprint density at radius 1 is 1.10 bits per heavy atom. The number of hydrogen-bond acceptors (Lipinski definition) is 3. The van der Waals surface area contributed by atoms with Crippen molar-refractivity contribution >= 4 is 23.2 Å². The molecule has 0 saturated carbocycles. The molecule has 0 spiro atoms. The zero-order valence-corrected chi connectivity index (χ0v) is 11.5. The standard InChI is InChI=1S/C15H14ClN3O/c16-13-3-5-14(6-4-13)19-8-11-2-1-10(15(20)18-17)7-12(11)9-19/h1-7H,8-9,17H2,(H,18,20). The Kier molecular flexibility index (Phi) is 3.34. The molecule has 0 bridgehead atoms. The summed E-state index contributed by atoms with van der Waals surface area (Å²) >= 11 is 5.90. The molecular weight excluding hydrogens is 274 g/mol. The van der Waals surface area contributed by atoms with Gasteiger partial charge in [0.15, 0.2) is 0 Å². The van der Waals surface area contributed by atoms with Gasteiger partial charge in [-0.15, -0.1) is 0 Å². The topological polar surface area (TPSA) is 58.4 Å². The van der Waals surface area contributed by atoms with Gasteiger partial charge >= 0.3 is 0 Å². The predicted octanol–water partition coefficient (Wildman–Crippen LogP) is 2.46. The van der Waals surface area contributed by atoms with E-state index in [9.17, 15) is 4.79 Å². The minimum Gasteiger partial charge on any atom is -0.363 e. The largest absolute Gasteiger partial charge is 0.363 e. The first kappa shape index (κ1) is 13.0. The first-order valence-corrected chi connectivity index (χ1v) is 6.68. The number of carbonyl (C=O) groups is 1. The van der Waals surface area contributed by atoms with Crippen LogP contribution < -0.4 is 16.2 Å². The van der Waals surface area contributed by atoms with E-state index in [2.05, 4.69) is 10.3 Å². The molecular formula is C15H14ClN3O. The molecule has 2 aromatic rings. The molecule has 1 aliphatic heterocycles. The Bertz CT molecular complexity index is 655. The number of rotatable bonds is 2. The number of nitrogen functional groups attached to an aromatic ring is 1. The fourth-order valence-corrected chi connectivity index (χ4v) is 2.58. The number of hydrazine groups is 1. The summed E-state index contributed by atoms with van der Waals surface area (Å²) in [7, 11) is 0. The molecule has 0 atom stereocenters. The Labute approximate surface area is 122 Å². The van der Waals surface area contributed by atoms with E-state index in [1.54, 1.807) is 6.07 Å². The van der Waals surface area contributed by atoms with Gasteiger partial charge in [-0.05, 0) is 47.5 Å². The first-order chi connectivity index (χ1) is 9.67. The molecule has 1 amide bonds. The number of nitrogens with two attached hydrogens (primary N) is 1. The lowest BCUT2D eigenvalue weighted by molar-refractivity contribution is 0.0953. The van der Waals surface area contributed by atoms with Crippen LogP contribution >= 0.6 is 11.6 Å². The molecule has 4 nitrogen and oxygen atoms in total. The average molecular weight is 288 g/mol. The van der Waals surface area contributed by atoms with Crippen molar-refractivity contribution in [2.24, 2.45) is 5.84 Å². The first-order valence-electron chi connectivity index (χ1n) is 6.30. The third kappa shape index (κ3) is 2.35. The van der Waals surface area contributed by atoms with Gasteiger partial charge in [0.2, 0.25) is 0 Å². The number of nitrogens with one attached hydrogen (secondary N) is 1. The Morgan fingerprint density at radius 2 is 1.80 bits per heavy atom. The fourth-order valence-electron chi connectivity index (χ4n) is 2.45. The molecule has 0 radical (unpaired) electrons. The molecule has 3 rings (SSSR count). The van der Waals surface area contributed by atoms with Gasteiger partial charge in [-0.1, -0.05) is 17.7 Å². The lowest BCUT2D eigenvalue weighted by atomic mass is 10.1. The van der Waals surface area contributed by atoms with Crippen LogP contribution in [0, 0.1) is 0 Å². The fraction of sp³-hybridized carbons (Fsp3) is 0.133. The van der Waals surface area contributed by atoms with Crippen molar-refractivity contribution in [1.82, 2.24) is 5.43 Å². The second kappa shape index (κ2) is 5.15. The number of amides is 1. The monoisotopic (exact) mass is 287 g/mol. The van der Waals surface area contributed by atoms with Crippen molar-refractivity contribution in [2.75, 3.05) is 4.90 Å². The number of nitrogens with zero attached hydrogens (tertiary/aromatic N) is 1. The third-order valence-electron chi connectivity index (χ3n) is 3.51. The van der Waals surface area contributed by atoms with Crippen LogP contribution in [0.1, 0.15) is 21.5 Å². The highest BCUT2D eigenvalue weighted by atomic mass is 35.5. The van der Waals surface area contributed by atoms with Crippen LogP contribution in [0.2, 0.25) is 5.02 Å². The molecule has 1 aliphatic rings. The molecule has 102 valence electrons. The third-order valence-corrected chi connectivity index (χ3v) is 3.77. The van der Waals surface area contributed by atoms with Gasteiger partial charge < -0.3 is 4.90 Å². The van der Waals surface area contributed by atoms with E-state index in [1.165, 1.54) is 5.56 Å². The van der Waals surface area contributed by atoms with E-state index < -0.39 is 0 Å². The van der Waals surface area contributed by atoms with Crippen LogP contribution in [0.25, 0.3) is 0 Å². The normalized spacial score (nSPS) is 13.2. The van der Waals surface area contributed by atoms with Crippen molar-refractivity contribution in [1.29, 1.82) is 0 Å². The summed E-state index contributed by atoms with van der Waals surface area (Å²) in [6.07, 6.45) is 0. The summed E-state index contributed by atoms with van der Waals surface area (Å²) in [6.45, 7) is 1.62. The lowest BCUT2D eigenvalue weighted by Crippen LogP contribution is -2.30. The molecule has 0 aliphatic carbocycles. The SMILES string of the molecule is NNC(=O)c1ccc2c(c1)CN(c1ccc(Cl)cc1)C2. The number of benzene rings is 2. The van der Waals surface area contributed by atoms with Gasteiger partial charge in [-0.25, -0.2) is 5.84 Å². The Balaban J connectivity index is 1.85. The van der Waals surface area contributed by atoms with Gasteiger partial charge in [-0.3, -0.25) is 10.2 Å². The zero-order valence-electron chi connectivity index (χ0n) is 10.8. The van der Waals surface area contributed by atoms with Gasteiger partial charge in [0, 0.05) is 29.4 Å². The lowest BCUT2D eigenvalue weighted by Gasteiger charge is -2.17. The van der Waals surface area contributed by atoms with E-state index in [-0.39, 0.29) is 5.91 Å². The molecule has 2 aromatic carbocycles. The number of halogens is 1. The summed E-state index contributed by atoms with van der Waals surface area (Å²) in [5.74, 6) is 4.89. The quantitative estimate of drug-likeness (QED) is 0.507. The molecule has 0 unspecified atom stereocenters. The maximum Gasteiger partial charge on any atom is 0.265 e. The molecule has 0 aromatic heterocycles. The molecule has 0 saturated heterocycles. The van der Waals surface area contributed by atoms with Crippen molar-refractivity contribution in [3.8, 4) is 0 Å². The summed E-state index contributed by atoms with van der Waals surface area (Å²) in [6, 6.07) is 13.4. The van der Waals surface area contributed by atoms with E-state index >= 15 is 0 Å². The van der Waals surface area contributed by atoms with Crippen LogP contribution in [0.3, 0.4) is 0 Å². The maximum absolute atomic E-state index is 11.5. The summed E-state index contributed by atoms with van der Waals surface area (Å²) in [5, 5.41) is 0.729. The zero-order chi connectivity index (χ0) is 14.1. The van der Waals surface area contributed by atoms with E-state index in [4.69, 9.17) is 17.4 Å². The minimum atomic E-state index is -0.266.